The Hall–Kier alpha value is -0.300. The number of allylic oxidation sites excluding steroid dienone is 2. The van der Waals surface area contributed by atoms with Gasteiger partial charge in [-0.1, -0.05) is 76.9 Å². The molecule has 0 rings (SSSR count). The summed E-state index contributed by atoms with van der Waals surface area (Å²) in [5.41, 5.74) is 6.01. The van der Waals surface area contributed by atoms with Gasteiger partial charge in [0.15, 0.2) is 0 Å². The van der Waals surface area contributed by atoms with Crippen molar-refractivity contribution in [3.63, 3.8) is 0 Å². The van der Waals surface area contributed by atoms with Crippen LogP contribution in [-0.2, 0) is 0 Å². The molecule has 0 spiro atoms. The fourth-order valence-electron chi connectivity index (χ4n) is 2.65. The molecule has 0 aliphatic carbocycles. The maximum absolute atomic E-state index is 5.98. The average molecular weight is 296 g/mol. The molecule has 0 saturated heterocycles. The highest BCUT2D eigenvalue weighted by atomic mass is 14.7. The zero-order valence-corrected chi connectivity index (χ0v) is 15.1. The van der Waals surface area contributed by atoms with Gasteiger partial charge in [-0.2, -0.15) is 0 Å². The van der Waals surface area contributed by atoms with Crippen LogP contribution in [0.25, 0.3) is 0 Å². The largest absolute Gasteiger partial charge is 0.326 e. The van der Waals surface area contributed by atoms with E-state index in [2.05, 4.69) is 32.9 Å². The minimum Gasteiger partial charge on any atom is -0.326 e. The molecule has 0 aromatic rings. The lowest BCUT2D eigenvalue weighted by atomic mass is 9.97. The highest BCUT2D eigenvalue weighted by Gasteiger charge is 2.08. The highest BCUT2D eigenvalue weighted by molar-refractivity contribution is 4.81. The second-order valence-corrected chi connectivity index (χ2v) is 7.32. The molecule has 0 saturated carbocycles. The maximum Gasteiger partial charge on any atom is 0.00970 e. The van der Waals surface area contributed by atoms with Gasteiger partial charge in [0, 0.05) is 5.54 Å². The summed E-state index contributed by atoms with van der Waals surface area (Å²) >= 11 is 0. The second-order valence-electron chi connectivity index (χ2n) is 7.32. The summed E-state index contributed by atoms with van der Waals surface area (Å²) in [6, 6.07) is 0. The van der Waals surface area contributed by atoms with E-state index in [-0.39, 0.29) is 5.54 Å². The van der Waals surface area contributed by atoms with Gasteiger partial charge in [-0.25, -0.2) is 0 Å². The van der Waals surface area contributed by atoms with Crippen molar-refractivity contribution in [1.29, 1.82) is 0 Å². The van der Waals surface area contributed by atoms with Gasteiger partial charge < -0.3 is 5.73 Å². The van der Waals surface area contributed by atoms with E-state index >= 15 is 0 Å². The van der Waals surface area contributed by atoms with Gasteiger partial charge >= 0.3 is 0 Å². The summed E-state index contributed by atoms with van der Waals surface area (Å²) in [7, 11) is 0. The van der Waals surface area contributed by atoms with Gasteiger partial charge in [-0.15, -0.1) is 0 Å². The lowest BCUT2D eigenvalue weighted by Gasteiger charge is -2.17. The molecule has 0 aliphatic heterocycles. The van der Waals surface area contributed by atoms with Gasteiger partial charge in [0.05, 0.1) is 0 Å². The van der Waals surface area contributed by atoms with Crippen molar-refractivity contribution >= 4 is 0 Å². The molecule has 0 atom stereocenters. The Balaban J connectivity index is 3.12. The van der Waals surface area contributed by atoms with E-state index in [9.17, 15) is 0 Å². The molecule has 0 radical (unpaired) electrons. The molecular weight excluding hydrogens is 254 g/mol. The maximum atomic E-state index is 5.98. The van der Waals surface area contributed by atoms with E-state index in [1.807, 2.05) is 0 Å². The number of nitrogens with two attached hydrogens (primary N) is 1. The van der Waals surface area contributed by atoms with E-state index in [1.165, 1.54) is 83.5 Å². The summed E-state index contributed by atoms with van der Waals surface area (Å²) in [5.74, 6) is 0. The third kappa shape index (κ3) is 19.7. The first-order valence-electron chi connectivity index (χ1n) is 9.50. The summed E-state index contributed by atoms with van der Waals surface area (Å²) in [4.78, 5) is 0. The van der Waals surface area contributed by atoms with Gasteiger partial charge in [-0.05, 0) is 46.0 Å². The van der Waals surface area contributed by atoms with Crippen molar-refractivity contribution in [3.05, 3.63) is 12.2 Å². The zero-order valence-electron chi connectivity index (χ0n) is 15.1. The Kier molecular flexibility index (Phi) is 14.4. The number of hydrogen-bond donors (Lipinski definition) is 1. The molecule has 0 amide bonds. The predicted octanol–water partition coefficient (Wildman–Crippen LogP) is 6.76. The van der Waals surface area contributed by atoms with Crippen LogP contribution in [0.5, 0.6) is 0 Å². The van der Waals surface area contributed by atoms with Crippen LogP contribution in [-0.4, -0.2) is 5.54 Å². The molecule has 0 aromatic carbocycles. The highest BCUT2D eigenvalue weighted by Crippen LogP contribution is 2.13. The van der Waals surface area contributed by atoms with Gasteiger partial charge in [-0.3, -0.25) is 0 Å². The molecule has 1 heteroatoms. The van der Waals surface area contributed by atoms with Gasteiger partial charge in [0.2, 0.25) is 0 Å². The van der Waals surface area contributed by atoms with Crippen LogP contribution in [0.1, 0.15) is 111 Å². The molecule has 0 bridgehead atoms. The molecule has 0 unspecified atom stereocenters. The Morgan fingerprint density at radius 2 is 1.10 bits per heavy atom. The zero-order chi connectivity index (χ0) is 15.8. The van der Waals surface area contributed by atoms with Crippen molar-refractivity contribution in [2.24, 2.45) is 5.73 Å². The Morgan fingerprint density at radius 1 is 0.667 bits per heavy atom. The Bertz CT molecular complexity index is 224. The normalized spacial score (nSPS) is 12.4. The Morgan fingerprint density at radius 3 is 1.57 bits per heavy atom. The molecule has 126 valence electrons. The van der Waals surface area contributed by atoms with E-state index < -0.39 is 0 Å². The van der Waals surface area contributed by atoms with E-state index in [4.69, 9.17) is 5.73 Å². The van der Waals surface area contributed by atoms with Crippen LogP contribution in [0.3, 0.4) is 0 Å². The fraction of sp³-hybridized carbons (Fsp3) is 0.900. The van der Waals surface area contributed by atoms with E-state index in [0.717, 1.165) is 6.42 Å². The van der Waals surface area contributed by atoms with Crippen LogP contribution in [0, 0.1) is 0 Å². The molecule has 0 aromatic heterocycles. The van der Waals surface area contributed by atoms with Crippen LogP contribution < -0.4 is 5.73 Å². The lowest BCUT2D eigenvalue weighted by Crippen LogP contribution is -2.31. The van der Waals surface area contributed by atoms with Crippen LogP contribution >= 0.6 is 0 Å². The Labute approximate surface area is 134 Å². The fourth-order valence-corrected chi connectivity index (χ4v) is 2.65. The van der Waals surface area contributed by atoms with Crippen molar-refractivity contribution in [1.82, 2.24) is 0 Å². The van der Waals surface area contributed by atoms with E-state index in [1.54, 1.807) is 0 Å². The standard InChI is InChI=1S/C20H41N/c1-4-5-6-7-8-9-10-11-12-13-14-15-16-17-18-19-20(2,3)21/h11-12H,4-10,13-19,21H2,1-3H3/b12-11+. The first kappa shape index (κ1) is 20.7. The van der Waals surface area contributed by atoms with Gasteiger partial charge in [0.1, 0.15) is 0 Å². The topological polar surface area (TPSA) is 26.0 Å². The number of rotatable bonds is 15. The van der Waals surface area contributed by atoms with Crippen LogP contribution in [0.15, 0.2) is 12.2 Å². The monoisotopic (exact) mass is 295 g/mol. The van der Waals surface area contributed by atoms with E-state index in [0.29, 0.717) is 0 Å². The van der Waals surface area contributed by atoms with Crippen molar-refractivity contribution in [2.45, 2.75) is 116 Å². The minimum atomic E-state index is 0.0271. The second kappa shape index (κ2) is 14.6. The third-order valence-corrected chi connectivity index (χ3v) is 4.08. The van der Waals surface area contributed by atoms with Crippen molar-refractivity contribution < 1.29 is 0 Å². The molecule has 0 heterocycles. The quantitative estimate of drug-likeness (QED) is 0.262. The van der Waals surface area contributed by atoms with Crippen molar-refractivity contribution in [2.75, 3.05) is 0 Å². The molecule has 1 nitrogen and oxygen atoms in total. The summed E-state index contributed by atoms with van der Waals surface area (Å²) in [6.07, 6.45) is 23.7. The predicted molar refractivity (Wildman–Crippen MR) is 97.7 cm³/mol. The smallest absolute Gasteiger partial charge is 0.00970 e. The summed E-state index contributed by atoms with van der Waals surface area (Å²) in [6.45, 7) is 6.53. The first-order valence-corrected chi connectivity index (χ1v) is 9.50. The van der Waals surface area contributed by atoms with Crippen LogP contribution in [0.2, 0.25) is 0 Å². The lowest BCUT2D eigenvalue weighted by molar-refractivity contribution is 0.442. The summed E-state index contributed by atoms with van der Waals surface area (Å²) in [5, 5.41) is 0. The minimum absolute atomic E-state index is 0.0271. The average Bonchev–Trinajstić information content (AvgIpc) is 2.42. The molecular formula is C20H41N. The third-order valence-electron chi connectivity index (χ3n) is 4.08. The van der Waals surface area contributed by atoms with Gasteiger partial charge in [0.25, 0.3) is 0 Å². The van der Waals surface area contributed by atoms with Crippen LogP contribution in [0.4, 0.5) is 0 Å². The molecule has 21 heavy (non-hydrogen) atoms. The van der Waals surface area contributed by atoms with Crippen molar-refractivity contribution in [3.8, 4) is 0 Å². The summed E-state index contributed by atoms with van der Waals surface area (Å²) < 4.78 is 0. The number of hydrogen-bond acceptors (Lipinski definition) is 1. The number of unbranched alkanes of at least 4 members (excludes halogenated alkanes) is 11. The molecule has 2 N–H and O–H groups in total. The molecule has 0 fully saturated rings. The molecule has 0 aliphatic rings. The SMILES string of the molecule is CCCCCCCC/C=C/CCCCCCCC(C)(C)N. The first-order chi connectivity index (χ1) is 10.1.